The maximum Gasteiger partial charge on any atom is 0.310 e. The van der Waals surface area contributed by atoms with Gasteiger partial charge in [-0.15, -0.1) is 0 Å². The first-order valence-corrected chi connectivity index (χ1v) is 8.24. The van der Waals surface area contributed by atoms with Crippen LogP contribution >= 0.6 is 0 Å². The van der Waals surface area contributed by atoms with Gasteiger partial charge in [-0.2, -0.15) is 0 Å². The molecule has 140 valence electrons. The summed E-state index contributed by atoms with van der Waals surface area (Å²) in [7, 11) is 0. The van der Waals surface area contributed by atoms with Gasteiger partial charge in [0, 0.05) is 0 Å². The molecular formula is C17H24O8. The molecule has 0 radical (unpaired) electrons. The van der Waals surface area contributed by atoms with Crippen LogP contribution in [0.15, 0.2) is 0 Å². The number of hydrogen-bond acceptors (Lipinski definition) is 4. The minimum atomic E-state index is -1.60. The van der Waals surface area contributed by atoms with E-state index in [0.717, 1.165) is 0 Å². The second-order valence-electron chi connectivity index (χ2n) is 8.15. The quantitative estimate of drug-likeness (QED) is 0.582. The molecule has 0 heterocycles. The summed E-state index contributed by atoms with van der Waals surface area (Å²) < 4.78 is 0. The van der Waals surface area contributed by atoms with Crippen molar-refractivity contribution in [2.24, 2.45) is 34.0 Å². The molecule has 2 aliphatic rings. The second kappa shape index (κ2) is 5.71. The lowest BCUT2D eigenvalue weighted by Gasteiger charge is -2.45. The summed E-state index contributed by atoms with van der Waals surface area (Å²) in [4.78, 5) is 47.3. The zero-order valence-corrected chi connectivity index (χ0v) is 14.5. The first-order valence-electron chi connectivity index (χ1n) is 8.24. The Morgan fingerprint density at radius 3 is 1.80 bits per heavy atom. The monoisotopic (exact) mass is 356 g/mol. The molecule has 2 fully saturated rings. The standard InChI is InChI=1S/C17H24O8/c1-15(2)9(12(20)21)6-10(16(15,3)13(22)23)17(14(24)25)5-4-8(7-17)11(18)19/h8-10H,4-7H2,1-3H3,(H,18,19)(H,20,21)(H,22,23)(H,24,25). The summed E-state index contributed by atoms with van der Waals surface area (Å²) in [6.45, 7) is 4.49. The third-order valence-electron chi connectivity index (χ3n) is 7.11. The summed E-state index contributed by atoms with van der Waals surface area (Å²) in [5.41, 5.74) is -4.32. The maximum atomic E-state index is 12.2. The minimum Gasteiger partial charge on any atom is -0.481 e. The van der Waals surface area contributed by atoms with Gasteiger partial charge in [-0.05, 0) is 43.9 Å². The lowest BCUT2D eigenvalue weighted by molar-refractivity contribution is -0.170. The Morgan fingerprint density at radius 2 is 1.44 bits per heavy atom. The zero-order valence-electron chi connectivity index (χ0n) is 14.5. The number of hydrogen-bond donors (Lipinski definition) is 4. The fraction of sp³-hybridized carbons (Fsp3) is 0.765. The summed E-state index contributed by atoms with van der Waals surface area (Å²) in [6.07, 6.45) is -0.0847. The van der Waals surface area contributed by atoms with Crippen LogP contribution in [0.3, 0.4) is 0 Å². The van der Waals surface area contributed by atoms with Crippen LogP contribution < -0.4 is 0 Å². The van der Waals surface area contributed by atoms with Crippen molar-refractivity contribution in [3.05, 3.63) is 0 Å². The first-order chi connectivity index (χ1) is 11.3. The third-order valence-corrected chi connectivity index (χ3v) is 7.11. The summed E-state index contributed by atoms with van der Waals surface area (Å²) >= 11 is 0. The van der Waals surface area contributed by atoms with E-state index in [0.29, 0.717) is 0 Å². The van der Waals surface area contributed by atoms with Gasteiger partial charge in [-0.1, -0.05) is 13.8 Å². The summed E-state index contributed by atoms with van der Waals surface area (Å²) in [6, 6.07) is 0. The Hall–Kier alpha value is -2.12. The third kappa shape index (κ3) is 2.41. The van der Waals surface area contributed by atoms with Gasteiger partial charge >= 0.3 is 23.9 Å². The van der Waals surface area contributed by atoms with Gasteiger partial charge in [-0.3, -0.25) is 19.2 Å². The molecule has 0 amide bonds. The molecule has 5 unspecified atom stereocenters. The minimum absolute atomic E-state index is 0.0370. The fourth-order valence-electron chi connectivity index (χ4n) is 5.14. The average molecular weight is 356 g/mol. The molecule has 2 aliphatic carbocycles. The molecule has 2 saturated carbocycles. The molecule has 0 saturated heterocycles. The maximum absolute atomic E-state index is 12.2. The predicted octanol–water partition coefficient (Wildman–Crippen LogP) is 1.78. The summed E-state index contributed by atoms with van der Waals surface area (Å²) in [5, 5.41) is 38.6. The average Bonchev–Trinajstić information content (AvgIpc) is 3.00. The van der Waals surface area contributed by atoms with E-state index in [1.165, 1.54) is 6.92 Å². The molecule has 0 aliphatic heterocycles. The zero-order chi connectivity index (χ0) is 19.4. The van der Waals surface area contributed by atoms with Gasteiger partial charge in [0.2, 0.25) is 0 Å². The van der Waals surface area contributed by atoms with Crippen molar-refractivity contribution in [3.63, 3.8) is 0 Å². The van der Waals surface area contributed by atoms with Gasteiger partial charge in [-0.25, -0.2) is 0 Å². The highest BCUT2D eigenvalue weighted by molar-refractivity contribution is 5.85. The number of aliphatic carboxylic acids is 4. The Labute approximate surface area is 144 Å². The van der Waals surface area contributed by atoms with Crippen molar-refractivity contribution in [1.82, 2.24) is 0 Å². The molecule has 0 bridgehead atoms. The van der Waals surface area contributed by atoms with Gasteiger partial charge in [0.15, 0.2) is 0 Å². The van der Waals surface area contributed by atoms with Crippen molar-refractivity contribution in [3.8, 4) is 0 Å². The smallest absolute Gasteiger partial charge is 0.310 e. The number of rotatable bonds is 5. The van der Waals surface area contributed by atoms with E-state index < -0.39 is 57.9 Å². The molecule has 0 aromatic heterocycles. The highest BCUT2D eigenvalue weighted by atomic mass is 16.4. The van der Waals surface area contributed by atoms with Crippen molar-refractivity contribution in [2.75, 3.05) is 0 Å². The molecule has 0 spiro atoms. The van der Waals surface area contributed by atoms with Crippen molar-refractivity contribution in [2.45, 2.75) is 46.5 Å². The number of carboxylic acid groups (broad SMARTS) is 4. The van der Waals surface area contributed by atoms with Gasteiger partial charge < -0.3 is 20.4 Å². The SMILES string of the molecule is CC1(C)C(C(=O)O)CC(C2(C(=O)O)CCC(C(=O)O)C2)C1(C)C(=O)O. The fourth-order valence-corrected chi connectivity index (χ4v) is 5.14. The molecule has 25 heavy (non-hydrogen) atoms. The van der Waals surface area contributed by atoms with Gasteiger partial charge in [0.05, 0.1) is 22.7 Å². The molecule has 8 nitrogen and oxygen atoms in total. The second-order valence-corrected chi connectivity index (χ2v) is 8.15. The number of carboxylic acids is 4. The molecule has 5 atom stereocenters. The van der Waals surface area contributed by atoms with Crippen molar-refractivity contribution < 1.29 is 39.6 Å². The van der Waals surface area contributed by atoms with Crippen LogP contribution in [0.4, 0.5) is 0 Å². The molecular weight excluding hydrogens is 332 g/mol. The molecule has 0 aromatic carbocycles. The molecule has 8 heteroatoms. The van der Waals surface area contributed by atoms with Crippen LogP contribution in [0.2, 0.25) is 0 Å². The lowest BCUT2D eigenvalue weighted by atomic mass is 9.56. The van der Waals surface area contributed by atoms with E-state index >= 15 is 0 Å². The van der Waals surface area contributed by atoms with E-state index in [1.807, 2.05) is 0 Å². The van der Waals surface area contributed by atoms with E-state index in [2.05, 4.69) is 0 Å². The van der Waals surface area contributed by atoms with Crippen molar-refractivity contribution in [1.29, 1.82) is 0 Å². The highest BCUT2D eigenvalue weighted by Gasteiger charge is 2.71. The summed E-state index contributed by atoms with van der Waals surface area (Å²) in [5.74, 6) is -7.59. The van der Waals surface area contributed by atoms with Crippen molar-refractivity contribution >= 4 is 23.9 Å². The van der Waals surface area contributed by atoms with E-state index in [-0.39, 0.29) is 25.7 Å². The lowest BCUT2D eigenvalue weighted by Crippen LogP contribution is -2.51. The van der Waals surface area contributed by atoms with E-state index in [9.17, 15) is 39.6 Å². The molecule has 0 aromatic rings. The predicted molar refractivity (Wildman–Crippen MR) is 83.8 cm³/mol. The molecule has 4 N–H and O–H groups in total. The van der Waals surface area contributed by atoms with Crippen LogP contribution in [0, 0.1) is 34.0 Å². The Bertz CT molecular complexity index is 639. The van der Waals surface area contributed by atoms with Crippen LogP contribution in [-0.4, -0.2) is 44.3 Å². The van der Waals surface area contributed by atoms with E-state index in [4.69, 9.17) is 0 Å². The molecule has 2 rings (SSSR count). The van der Waals surface area contributed by atoms with Crippen LogP contribution in [0.25, 0.3) is 0 Å². The Morgan fingerprint density at radius 1 is 0.880 bits per heavy atom. The van der Waals surface area contributed by atoms with Crippen LogP contribution in [0.1, 0.15) is 46.5 Å². The Balaban J connectivity index is 2.61. The first kappa shape index (κ1) is 19.2. The topological polar surface area (TPSA) is 149 Å². The van der Waals surface area contributed by atoms with Gasteiger partial charge in [0.25, 0.3) is 0 Å². The van der Waals surface area contributed by atoms with E-state index in [1.54, 1.807) is 13.8 Å². The Kier molecular flexibility index (Phi) is 4.39. The largest absolute Gasteiger partial charge is 0.481 e. The van der Waals surface area contributed by atoms with Gasteiger partial charge in [0.1, 0.15) is 0 Å². The highest BCUT2D eigenvalue weighted by Crippen LogP contribution is 2.67. The number of carbonyl (C=O) groups is 4. The van der Waals surface area contributed by atoms with Crippen LogP contribution in [0.5, 0.6) is 0 Å². The van der Waals surface area contributed by atoms with Crippen LogP contribution in [-0.2, 0) is 19.2 Å². The normalized spacial score (nSPS) is 39.9.